The van der Waals surface area contributed by atoms with E-state index in [1.54, 1.807) is 6.08 Å². The maximum Gasteiger partial charge on any atom is 0.144 e. The fourth-order valence-electron chi connectivity index (χ4n) is 1.86. The number of hydrogen-bond acceptors (Lipinski definition) is 3. The van der Waals surface area contributed by atoms with Gasteiger partial charge < -0.3 is 5.32 Å². The van der Waals surface area contributed by atoms with Crippen molar-refractivity contribution in [3.63, 3.8) is 0 Å². The summed E-state index contributed by atoms with van der Waals surface area (Å²) in [6.07, 6.45) is 5.00. The summed E-state index contributed by atoms with van der Waals surface area (Å²) in [5.74, 6) is 0.693. The lowest BCUT2D eigenvalue weighted by Gasteiger charge is -2.07. The average Bonchev–Trinajstić information content (AvgIpc) is 2.71. The summed E-state index contributed by atoms with van der Waals surface area (Å²) < 4.78 is 0. The van der Waals surface area contributed by atoms with Crippen molar-refractivity contribution in [2.45, 2.75) is 19.3 Å². The van der Waals surface area contributed by atoms with Gasteiger partial charge in [-0.1, -0.05) is 6.08 Å². The topological polar surface area (TPSA) is 48.7 Å². The zero-order valence-corrected chi connectivity index (χ0v) is 8.58. The van der Waals surface area contributed by atoms with Crippen LogP contribution in [0.4, 0.5) is 5.82 Å². The number of pyridine rings is 1. The van der Waals surface area contributed by atoms with Gasteiger partial charge in [-0.15, -0.1) is 6.58 Å². The van der Waals surface area contributed by atoms with Crippen molar-refractivity contribution in [2.75, 3.05) is 11.9 Å². The highest BCUT2D eigenvalue weighted by Crippen LogP contribution is 2.24. The Bertz CT molecular complexity index is 429. The van der Waals surface area contributed by atoms with Crippen molar-refractivity contribution in [2.24, 2.45) is 0 Å². The molecular weight excluding hydrogens is 186 g/mol. The summed E-state index contributed by atoms with van der Waals surface area (Å²) in [6.45, 7) is 4.27. The molecule has 1 aliphatic rings. The molecule has 1 aromatic heterocycles. The third kappa shape index (κ3) is 1.84. The molecule has 0 unspecified atom stereocenters. The zero-order valence-electron chi connectivity index (χ0n) is 8.58. The number of nitrogens with one attached hydrogen (secondary N) is 1. The first-order valence-corrected chi connectivity index (χ1v) is 5.13. The van der Waals surface area contributed by atoms with Gasteiger partial charge in [0.25, 0.3) is 0 Å². The van der Waals surface area contributed by atoms with E-state index in [1.165, 1.54) is 5.56 Å². The van der Waals surface area contributed by atoms with E-state index in [0.717, 1.165) is 25.0 Å². The van der Waals surface area contributed by atoms with E-state index in [4.69, 9.17) is 5.26 Å². The van der Waals surface area contributed by atoms with Crippen molar-refractivity contribution in [1.29, 1.82) is 5.26 Å². The molecule has 1 heterocycles. The Hall–Kier alpha value is -1.82. The molecule has 15 heavy (non-hydrogen) atoms. The van der Waals surface area contributed by atoms with E-state index in [2.05, 4.69) is 22.9 Å². The first-order valence-electron chi connectivity index (χ1n) is 5.13. The molecule has 0 saturated heterocycles. The second-order valence-electron chi connectivity index (χ2n) is 3.63. The Morgan fingerprint density at radius 2 is 2.47 bits per heavy atom. The lowest BCUT2D eigenvalue weighted by Crippen LogP contribution is -2.05. The van der Waals surface area contributed by atoms with Gasteiger partial charge >= 0.3 is 0 Å². The van der Waals surface area contributed by atoms with Crippen molar-refractivity contribution in [3.05, 3.63) is 35.5 Å². The molecular formula is C12H13N3. The van der Waals surface area contributed by atoms with Gasteiger partial charge in [-0.05, 0) is 30.9 Å². The van der Waals surface area contributed by atoms with Crippen LogP contribution in [0.5, 0.6) is 0 Å². The lowest BCUT2D eigenvalue weighted by atomic mass is 10.1. The predicted molar refractivity (Wildman–Crippen MR) is 59.7 cm³/mol. The van der Waals surface area contributed by atoms with Crippen molar-refractivity contribution < 1.29 is 0 Å². The number of nitrogens with zero attached hydrogens (tertiary/aromatic N) is 2. The number of aromatic nitrogens is 1. The van der Waals surface area contributed by atoms with Gasteiger partial charge in [0, 0.05) is 12.2 Å². The standard InChI is InChI=1S/C12H13N3/c1-2-6-14-12-10(8-13)7-9-4-3-5-11(9)15-12/h2,7H,1,3-6H2,(H,14,15). The number of hydrogen-bond donors (Lipinski definition) is 1. The van der Waals surface area contributed by atoms with E-state index < -0.39 is 0 Å². The van der Waals surface area contributed by atoms with Crippen molar-refractivity contribution in [1.82, 2.24) is 4.98 Å². The maximum absolute atomic E-state index is 8.99. The van der Waals surface area contributed by atoms with Crippen LogP contribution in [0.15, 0.2) is 18.7 Å². The highest BCUT2D eigenvalue weighted by molar-refractivity contribution is 5.55. The van der Waals surface area contributed by atoms with Crippen LogP contribution in [0.1, 0.15) is 23.2 Å². The van der Waals surface area contributed by atoms with E-state index in [-0.39, 0.29) is 0 Å². The van der Waals surface area contributed by atoms with Crippen LogP contribution in [0.2, 0.25) is 0 Å². The molecule has 0 bridgehead atoms. The summed E-state index contributed by atoms with van der Waals surface area (Å²) in [7, 11) is 0. The fraction of sp³-hybridized carbons (Fsp3) is 0.333. The van der Waals surface area contributed by atoms with Crippen molar-refractivity contribution in [3.8, 4) is 6.07 Å². The largest absolute Gasteiger partial charge is 0.366 e. The van der Waals surface area contributed by atoms with Gasteiger partial charge in [0.1, 0.15) is 11.9 Å². The summed E-state index contributed by atoms with van der Waals surface area (Å²) in [5, 5.41) is 12.1. The molecule has 0 amide bonds. The second-order valence-corrected chi connectivity index (χ2v) is 3.63. The van der Waals surface area contributed by atoms with Gasteiger partial charge in [0.2, 0.25) is 0 Å². The van der Waals surface area contributed by atoms with Crippen LogP contribution >= 0.6 is 0 Å². The third-order valence-electron chi connectivity index (χ3n) is 2.59. The number of fused-ring (bicyclic) bond motifs is 1. The minimum Gasteiger partial charge on any atom is -0.366 e. The molecule has 1 aromatic rings. The van der Waals surface area contributed by atoms with E-state index in [1.807, 2.05) is 6.07 Å². The quantitative estimate of drug-likeness (QED) is 0.758. The van der Waals surface area contributed by atoms with Crippen LogP contribution in [-0.4, -0.2) is 11.5 Å². The minimum absolute atomic E-state index is 0.637. The molecule has 3 heteroatoms. The van der Waals surface area contributed by atoms with Gasteiger partial charge in [-0.2, -0.15) is 5.26 Å². The smallest absolute Gasteiger partial charge is 0.144 e. The Kier molecular flexibility index (Phi) is 2.68. The van der Waals surface area contributed by atoms with Crippen LogP contribution in [-0.2, 0) is 12.8 Å². The molecule has 0 aliphatic heterocycles. The summed E-state index contributed by atoms with van der Waals surface area (Å²) in [6, 6.07) is 4.13. The molecule has 0 fully saturated rings. The summed E-state index contributed by atoms with van der Waals surface area (Å²) in [4.78, 5) is 4.48. The summed E-state index contributed by atoms with van der Waals surface area (Å²) in [5.41, 5.74) is 3.01. The molecule has 0 atom stereocenters. The van der Waals surface area contributed by atoms with Gasteiger partial charge in [-0.25, -0.2) is 4.98 Å². The minimum atomic E-state index is 0.637. The Labute approximate surface area is 89.5 Å². The first-order chi connectivity index (χ1) is 7.35. The van der Waals surface area contributed by atoms with Gasteiger partial charge in [0.05, 0.1) is 5.56 Å². The normalized spacial score (nSPS) is 13.0. The van der Waals surface area contributed by atoms with E-state index in [9.17, 15) is 0 Å². The Morgan fingerprint density at radius 3 is 3.20 bits per heavy atom. The number of aryl methyl sites for hydroxylation is 2. The molecule has 0 spiro atoms. The van der Waals surface area contributed by atoms with Gasteiger partial charge in [0.15, 0.2) is 0 Å². The zero-order chi connectivity index (χ0) is 10.7. The SMILES string of the molecule is C=CCNc1nc2c(cc1C#N)CCC2. The summed E-state index contributed by atoms with van der Waals surface area (Å²) >= 11 is 0. The fourth-order valence-corrected chi connectivity index (χ4v) is 1.86. The Morgan fingerprint density at radius 1 is 1.60 bits per heavy atom. The van der Waals surface area contributed by atoms with Crippen LogP contribution in [0.25, 0.3) is 0 Å². The molecule has 0 aromatic carbocycles. The first kappa shape index (κ1) is 9.72. The molecule has 1 aliphatic carbocycles. The van der Waals surface area contributed by atoms with Crippen LogP contribution in [0.3, 0.4) is 0 Å². The molecule has 1 N–H and O–H groups in total. The highest BCUT2D eigenvalue weighted by atomic mass is 15.0. The van der Waals surface area contributed by atoms with Gasteiger partial charge in [-0.3, -0.25) is 0 Å². The Balaban J connectivity index is 2.36. The molecule has 2 rings (SSSR count). The average molecular weight is 199 g/mol. The van der Waals surface area contributed by atoms with E-state index >= 15 is 0 Å². The van der Waals surface area contributed by atoms with Crippen LogP contribution in [0, 0.1) is 11.3 Å². The molecule has 3 nitrogen and oxygen atoms in total. The van der Waals surface area contributed by atoms with E-state index in [0.29, 0.717) is 17.9 Å². The number of nitriles is 1. The molecule has 76 valence electrons. The third-order valence-corrected chi connectivity index (χ3v) is 2.59. The molecule has 0 saturated carbocycles. The second kappa shape index (κ2) is 4.14. The number of rotatable bonds is 3. The van der Waals surface area contributed by atoms with Crippen LogP contribution < -0.4 is 5.32 Å². The monoisotopic (exact) mass is 199 g/mol. The number of anilines is 1. The highest BCUT2D eigenvalue weighted by Gasteiger charge is 2.15. The predicted octanol–water partition coefficient (Wildman–Crippen LogP) is 2.04. The van der Waals surface area contributed by atoms with Crippen molar-refractivity contribution >= 4 is 5.82 Å². The lowest BCUT2D eigenvalue weighted by molar-refractivity contribution is 0.899. The maximum atomic E-state index is 8.99. The molecule has 0 radical (unpaired) electrons.